The topological polar surface area (TPSA) is 44.8 Å². The number of hydrogen-bond donors (Lipinski definition) is 0. The second kappa shape index (κ2) is 8.52. The van der Waals surface area contributed by atoms with Crippen molar-refractivity contribution in [3.8, 4) is 0 Å². The lowest BCUT2D eigenvalue weighted by atomic mass is 10.2. The van der Waals surface area contributed by atoms with Gasteiger partial charge in [-0.15, -0.1) is 0 Å². The van der Waals surface area contributed by atoms with Crippen molar-refractivity contribution in [1.82, 2.24) is 0 Å². The van der Waals surface area contributed by atoms with Crippen LogP contribution in [0.2, 0.25) is 5.04 Å². The molecule has 1 aliphatic rings. The summed E-state index contributed by atoms with van der Waals surface area (Å²) in [5, 5.41) is 2.41. The molecule has 0 bridgehead atoms. The summed E-state index contributed by atoms with van der Waals surface area (Å²) in [6, 6.07) is 21.1. The summed E-state index contributed by atoms with van der Waals surface area (Å²) >= 11 is 0. The molecule has 0 radical (unpaired) electrons. The van der Waals surface area contributed by atoms with E-state index in [0.29, 0.717) is 13.0 Å². The van der Waals surface area contributed by atoms with Crippen LogP contribution in [-0.2, 0) is 18.7 Å². The Kier molecular flexibility index (Phi) is 6.44. The molecule has 1 heterocycles. The number of carbonyl (C=O) groups excluding carboxylic acids is 1. The van der Waals surface area contributed by atoms with Crippen LogP contribution in [0.5, 0.6) is 0 Å². The fourth-order valence-corrected chi connectivity index (χ4v) is 8.87. The van der Waals surface area contributed by atoms with Crippen LogP contribution in [0, 0.1) is 0 Å². The summed E-state index contributed by atoms with van der Waals surface area (Å²) in [5.74, 6) is -0.742. The number of ether oxygens (including phenoxy) is 2. The van der Waals surface area contributed by atoms with Gasteiger partial charge in [0.1, 0.15) is 6.10 Å². The second-order valence-corrected chi connectivity index (χ2v) is 13.4. The standard InChI is InChI=1S/C24H32O4Si/c1-23(2,3)29(19-12-8-6-9-13-19,20-14-10-7-11-15-20)26-17-16-21-22(18-25)28-24(4,5)27-21/h6-15,18,21-22H,16-17H2,1-5H3/t21-,22?/m0/s1. The molecule has 156 valence electrons. The average molecular weight is 413 g/mol. The van der Waals surface area contributed by atoms with Gasteiger partial charge in [0, 0.05) is 6.61 Å². The summed E-state index contributed by atoms with van der Waals surface area (Å²) in [6.45, 7) is 10.9. The molecular weight excluding hydrogens is 380 g/mol. The highest BCUT2D eigenvalue weighted by Crippen LogP contribution is 2.37. The Hall–Kier alpha value is -1.79. The molecule has 0 amide bonds. The number of hydrogen-bond acceptors (Lipinski definition) is 4. The molecule has 1 aliphatic heterocycles. The van der Waals surface area contributed by atoms with Gasteiger partial charge in [0.15, 0.2) is 12.1 Å². The molecule has 2 atom stereocenters. The summed E-state index contributed by atoms with van der Waals surface area (Å²) in [7, 11) is -2.57. The van der Waals surface area contributed by atoms with Gasteiger partial charge in [-0.05, 0) is 35.7 Å². The molecule has 1 saturated heterocycles. The molecule has 4 nitrogen and oxygen atoms in total. The van der Waals surface area contributed by atoms with E-state index >= 15 is 0 Å². The van der Waals surface area contributed by atoms with E-state index in [9.17, 15) is 4.79 Å². The van der Waals surface area contributed by atoms with Crippen LogP contribution in [0.4, 0.5) is 0 Å². The van der Waals surface area contributed by atoms with Gasteiger partial charge in [-0.3, -0.25) is 0 Å². The van der Waals surface area contributed by atoms with Crippen molar-refractivity contribution in [3.05, 3.63) is 60.7 Å². The number of aldehydes is 1. The monoisotopic (exact) mass is 412 g/mol. The predicted octanol–water partition coefficient (Wildman–Crippen LogP) is 3.67. The molecule has 3 rings (SSSR count). The molecule has 1 unspecified atom stereocenters. The summed E-state index contributed by atoms with van der Waals surface area (Å²) in [5.41, 5.74) is 0. The van der Waals surface area contributed by atoms with Gasteiger partial charge >= 0.3 is 0 Å². The van der Waals surface area contributed by atoms with E-state index < -0.39 is 20.2 Å². The normalized spacial score (nSPS) is 21.8. The average Bonchev–Trinajstić information content (AvgIpc) is 2.99. The van der Waals surface area contributed by atoms with E-state index in [-0.39, 0.29) is 11.1 Å². The van der Waals surface area contributed by atoms with Gasteiger partial charge in [-0.2, -0.15) is 0 Å². The van der Waals surface area contributed by atoms with Gasteiger partial charge in [0.05, 0.1) is 6.10 Å². The van der Waals surface area contributed by atoms with Gasteiger partial charge in [0.2, 0.25) is 0 Å². The van der Waals surface area contributed by atoms with E-state index in [1.54, 1.807) is 0 Å². The SMILES string of the molecule is CC1(C)OC(C=O)[C@H](CCO[Si](c2ccccc2)(c2ccccc2)C(C)(C)C)O1. The van der Waals surface area contributed by atoms with E-state index in [4.69, 9.17) is 13.9 Å². The van der Waals surface area contributed by atoms with Crippen LogP contribution in [0.3, 0.4) is 0 Å². The third-order valence-corrected chi connectivity index (χ3v) is 10.5. The van der Waals surface area contributed by atoms with Crippen molar-refractivity contribution in [2.24, 2.45) is 0 Å². The number of rotatable bonds is 7. The fraction of sp³-hybridized carbons (Fsp3) is 0.458. The lowest BCUT2D eigenvalue weighted by Crippen LogP contribution is -2.66. The van der Waals surface area contributed by atoms with Crippen LogP contribution in [0.15, 0.2) is 60.7 Å². The van der Waals surface area contributed by atoms with Crippen LogP contribution in [-0.4, -0.2) is 39.2 Å². The smallest absolute Gasteiger partial charge is 0.261 e. The zero-order valence-electron chi connectivity index (χ0n) is 18.1. The molecule has 0 spiro atoms. The molecule has 0 aromatic heterocycles. The highest BCUT2D eigenvalue weighted by atomic mass is 28.4. The molecule has 1 fully saturated rings. The van der Waals surface area contributed by atoms with Crippen LogP contribution >= 0.6 is 0 Å². The fourth-order valence-electron chi connectivity index (χ4n) is 4.29. The maximum atomic E-state index is 11.4. The van der Waals surface area contributed by atoms with Gasteiger partial charge in [-0.1, -0.05) is 81.4 Å². The molecule has 0 saturated carbocycles. The minimum absolute atomic E-state index is 0.0773. The minimum atomic E-state index is -2.57. The van der Waals surface area contributed by atoms with Crippen molar-refractivity contribution in [2.75, 3.05) is 6.61 Å². The lowest BCUT2D eigenvalue weighted by Gasteiger charge is -2.43. The van der Waals surface area contributed by atoms with Gasteiger partial charge in [-0.25, -0.2) is 0 Å². The predicted molar refractivity (Wildman–Crippen MR) is 118 cm³/mol. The van der Waals surface area contributed by atoms with Crippen molar-refractivity contribution in [3.63, 3.8) is 0 Å². The van der Waals surface area contributed by atoms with Crippen LogP contribution < -0.4 is 10.4 Å². The first-order valence-electron chi connectivity index (χ1n) is 10.3. The van der Waals surface area contributed by atoms with Gasteiger partial charge in [0.25, 0.3) is 8.32 Å². The van der Waals surface area contributed by atoms with Crippen molar-refractivity contribution in [2.45, 2.75) is 64.1 Å². The zero-order chi connectivity index (χ0) is 21.1. The lowest BCUT2D eigenvalue weighted by molar-refractivity contribution is -0.150. The number of benzene rings is 2. The third kappa shape index (κ3) is 4.53. The van der Waals surface area contributed by atoms with Crippen molar-refractivity contribution >= 4 is 25.0 Å². The number of carbonyl (C=O) groups is 1. The quantitative estimate of drug-likeness (QED) is 0.514. The van der Waals surface area contributed by atoms with E-state index in [1.807, 2.05) is 26.0 Å². The summed E-state index contributed by atoms with van der Waals surface area (Å²) < 4.78 is 18.5. The Morgan fingerprint density at radius 2 is 1.48 bits per heavy atom. The second-order valence-electron chi connectivity index (χ2n) is 9.08. The molecule has 29 heavy (non-hydrogen) atoms. The highest BCUT2D eigenvalue weighted by molar-refractivity contribution is 6.99. The molecule has 0 N–H and O–H groups in total. The molecule has 2 aromatic rings. The molecular formula is C24H32O4Si. The van der Waals surface area contributed by atoms with Crippen LogP contribution in [0.25, 0.3) is 0 Å². The largest absolute Gasteiger partial charge is 0.407 e. The van der Waals surface area contributed by atoms with E-state index in [1.165, 1.54) is 10.4 Å². The Morgan fingerprint density at radius 1 is 0.966 bits per heavy atom. The first-order chi connectivity index (χ1) is 13.7. The Labute approximate surface area is 175 Å². The Bertz CT molecular complexity index is 759. The van der Waals surface area contributed by atoms with E-state index in [0.717, 1.165) is 6.29 Å². The van der Waals surface area contributed by atoms with Crippen molar-refractivity contribution < 1.29 is 18.7 Å². The minimum Gasteiger partial charge on any atom is -0.407 e. The van der Waals surface area contributed by atoms with Crippen molar-refractivity contribution in [1.29, 1.82) is 0 Å². The summed E-state index contributed by atoms with van der Waals surface area (Å²) in [4.78, 5) is 11.4. The first kappa shape index (κ1) is 21.9. The Morgan fingerprint density at radius 3 is 1.93 bits per heavy atom. The Balaban J connectivity index is 1.91. The molecule has 5 heteroatoms. The highest BCUT2D eigenvalue weighted by Gasteiger charge is 2.50. The zero-order valence-corrected chi connectivity index (χ0v) is 19.1. The maximum Gasteiger partial charge on any atom is 0.261 e. The molecule has 0 aliphatic carbocycles. The van der Waals surface area contributed by atoms with Crippen LogP contribution in [0.1, 0.15) is 41.0 Å². The molecule has 2 aromatic carbocycles. The first-order valence-corrected chi connectivity index (χ1v) is 12.2. The van der Waals surface area contributed by atoms with E-state index in [2.05, 4.69) is 69.3 Å². The van der Waals surface area contributed by atoms with Gasteiger partial charge < -0.3 is 18.7 Å². The third-order valence-electron chi connectivity index (χ3n) is 5.49. The summed E-state index contributed by atoms with van der Waals surface area (Å²) in [6.07, 6.45) is 0.605. The maximum absolute atomic E-state index is 11.4.